The molecule has 0 N–H and O–H groups in total. The highest BCUT2D eigenvalue weighted by Gasteiger charge is 2.62. The molecule has 0 nitrogen and oxygen atoms in total. The second-order valence-electron chi connectivity index (χ2n) is 3.76. The Bertz CT molecular complexity index is 304. The lowest BCUT2D eigenvalue weighted by atomic mass is 9.91. The van der Waals surface area contributed by atoms with Crippen molar-refractivity contribution in [1.82, 2.24) is 0 Å². The SMILES string of the molecule is CC(=C(C(C)C)C(F)(F)C(F)(F)F)C(F)(F)F. The molecular formula is C9H10F8. The minimum Gasteiger partial charge on any atom is -0.191 e. The molecule has 17 heavy (non-hydrogen) atoms. The summed E-state index contributed by atoms with van der Waals surface area (Å²) in [7, 11) is 0. The average molecular weight is 270 g/mol. The molecule has 0 aromatic heterocycles. The van der Waals surface area contributed by atoms with Crippen LogP contribution in [0.15, 0.2) is 11.1 Å². The van der Waals surface area contributed by atoms with E-state index in [2.05, 4.69) is 0 Å². The van der Waals surface area contributed by atoms with Gasteiger partial charge in [0, 0.05) is 11.1 Å². The molecule has 0 saturated carbocycles. The number of allylic oxidation sites excluding steroid dienone is 2. The Morgan fingerprint density at radius 3 is 1.35 bits per heavy atom. The molecule has 0 spiro atoms. The summed E-state index contributed by atoms with van der Waals surface area (Å²) in [6.45, 7) is 1.92. The highest BCUT2D eigenvalue weighted by atomic mass is 19.4. The van der Waals surface area contributed by atoms with Crippen molar-refractivity contribution in [2.45, 2.75) is 39.0 Å². The summed E-state index contributed by atoms with van der Waals surface area (Å²) in [5, 5.41) is 0. The Labute approximate surface area is 92.3 Å². The van der Waals surface area contributed by atoms with Gasteiger partial charge in [-0.25, -0.2) is 0 Å². The molecule has 0 heterocycles. The van der Waals surface area contributed by atoms with Gasteiger partial charge in [0.25, 0.3) is 0 Å². The zero-order chi connectivity index (χ0) is 14.2. The molecule has 102 valence electrons. The zero-order valence-corrected chi connectivity index (χ0v) is 9.10. The first-order valence-corrected chi connectivity index (χ1v) is 4.46. The number of halogens is 8. The first kappa shape index (κ1) is 16.2. The van der Waals surface area contributed by atoms with Gasteiger partial charge in [0.05, 0.1) is 0 Å². The van der Waals surface area contributed by atoms with E-state index in [-0.39, 0.29) is 6.92 Å². The fourth-order valence-corrected chi connectivity index (χ4v) is 1.34. The first-order valence-electron chi connectivity index (χ1n) is 4.46. The van der Waals surface area contributed by atoms with Crippen LogP contribution >= 0.6 is 0 Å². The fraction of sp³-hybridized carbons (Fsp3) is 0.778. The largest absolute Gasteiger partial charge is 0.457 e. The Balaban J connectivity index is 5.90. The van der Waals surface area contributed by atoms with Crippen molar-refractivity contribution in [1.29, 1.82) is 0 Å². The molecule has 0 fully saturated rings. The fourth-order valence-electron chi connectivity index (χ4n) is 1.34. The van der Waals surface area contributed by atoms with Crippen molar-refractivity contribution in [3.05, 3.63) is 11.1 Å². The molecule has 0 aromatic rings. The maximum atomic E-state index is 12.9. The number of hydrogen-bond acceptors (Lipinski definition) is 0. The van der Waals surface area contributed by atoms with E-state index < -0.39 is 35.3 Å². The zero-order valence-electron chi connectivity index (χ0n) is 9.10. The monoisotopic (exact) mass is 270 g/mol. The minimum absolute atomic E-state index is 0.217. The van der Waals surface area contributed by atoms with Crippen LogP contribution in [0.1, 0.15) is 20.8 Å². The topological polar surface area (TPSA) is 0 Å². The Morgan fingerprint density at radius 1 is 0.824 bits per heavy atom. The van der Waals surface area contributed by atoms with Gasteiger partial charge in [0.15, 0.2) is 0 Å². The third-order valence-electron chi connectivity index (χ3n) is 2.10. The maximum Gasteiger partial charge on any atom is 0.457 e. The van der Waals surface area contributed by atoms with Crippen molar-refractivity contribution in [2.24, 2.45) is 5.92 Å². The molecule has 0 saturated heterocycles. The van der Waals surface area contributed by atoms with E-state index in [1.807, 2.05) is 0 Å². The summed E-state index contributed by atoms with van der Waals surface area (Å²) in [6, 6.07) is 0. The highest BCUT2D eigenvalue weighted by Crippen LogP contribution is 2.47. The van der Waals surface area contributed by atoms with E-state index in [0.29, 0.717) is 0 Å². The molecule has 0 rings (SSSR count). The van der Waals surface area contributed by atoms with Gasteiger partial charge in [-0.05, 0) is 12.8 Å². The van der Waals surface area contributed by atoms with E-state index in [4.69, 9.17) is 0 Å². The number of alkyl halides is 8. The normalized spacial score (nSPS) is 16.2. The van der Waals surface area contributed by atoms with Gasteiger partial charge in [0.1, 0.15) is 0 Å². The van der Waals surface area contributed by atoms with Crippen molar-refractivity contribution >= 4 is 0 Å². The molecule has 0 aliphatic carbocycles. The van der Waals surface area contributed by atoms with Gasteiger partial charge in [-0.15, -0.1) is 0 Å². The summed E-state index contributed by atoms with van der Waals surface area (Å²) < 4.78 is 98.7. The lowest BCUT2D eigenvalue weighted by Crippen LogP contribution is -2.41. The lowest BCUT2D eigenvalue weighted by molar-refractivity contribution is -0.267. The molecule has 0 aliphatic heterocycles. The van der Waals surface area contributed by atoms with E-state index in [0.717, 1.165) is 13.8 Å². The average Bonchev–Trinajstić information content (AvgIpc) is 1.98. The van der Waals surface area contributed by atoms with Crippen molar-refractivity contribution in [3.63, 3.8) is 0 Å². The molecule has 0 amide bonds. The summed E-state index contributed by atoms with van der Waals surface area (Å²) in [5.74, 6) is -7.06. The summed E-state index contributed by atoms with van der Waals surface area (Å²) in [6.07, 6.45) is -11.3. The number of rotatable bonds is 2. The van der Waals surface area contributed by atoms with Gasteiger partial charge >= 0.3 is 18.3 Å². The predicted molar refractivity (Wildman–Crippen MR) is 44.6 cm³/mol. The van der Waals surface area contributed by atoms with E-state index in [1.54, 1.807) is 0 Å². The molecular weight excluding hydrogens is 260 g/mol. The van der Waals surface area contributed by atoms with Gasteiger partial charge in [0.2, 0.25) is 0 Å². The number of hydrogen-bond donors (Lipinski definition) is 0. The van der Waals surface area contributed by atoms with Gasteiger partial charge in [-0.1, -0.05) is 13.8 Å². The lowest BCUT2D eigenvalue weighted by Gasteiger charge is -2.27. The molecule has 0 aromatic carbocycles. The summed E-state index contributed by atoms with van der Waals surface area (Å²) >= 11 is 0. The molecule has 8 heteroatoms. The van der Waals surface area contributed by atoms with E-state index in [1.165, 1.54) is 0 Å². The van der Waals surface area contributed by atoms with Crippen LogP contribution in [-0.2, 0) is 0 Å². The second-order valence-corrected chi connectivity index (χ2v) is 3.76. The molecule has 0 atom stereocenters. The first-order chi connectivity index (χ1) is 7.23. The highest BCUT2D eigenvalue weighted by molar-refractivity contribution is 5.27. The van der Waals surface area contributed by atoms with Crippen LogP contribution in [0.3, 0.4) is 0 Å². The van der Waals surface area contributed by atoms with Crippen LogP contribution in [0.2, 0.25) is 0 Å². The standard InChI is InChI=1S/C9H10F8/c1-4(2)6(5(3)8(12,13)14)7(10,11)9(15,16)17/h4H,1-3H3. The van der Waals surface area contributed by atoms with Crippen LogP contribution in [0.4, 0.5) is 35.1 Å². The van der Waals surface area contributed by atoms with Gasteiger partial charge < -0.3 is 0 Å². The summed E-state index contributed by atoms with van der Waals surface area (Å²) in [4.78, 5) is 0. The van der Waals surface area contributed by atoms with E-state index >= 15 is 0 Å². The molecule has 0 unspecified atom stereocenters. The molecule has 0 aliphatic rings. The van der Waals surface area contributed by atoms with Crippen LogP contribution < -0.4 is 0 Å². The van der Waals surface area contributed by atoms with Crippen molar-refractivity contribution in [3.8, 4) is 0 Å². The quantitative estimate of drug-likeness (QED) is 0.503. The minimum atomic E-state index is -6.04. The Morgan fingerprint density at radius 2 is 1.18 bits per heavy atom. The third-order valence-corrected chi connectivity index (χ3v) is 2.10. The van der Waals surface area contributed by atoms with Crippen molar-refractivity contribution < 1.29 is 35.1 Å². The van der Waals surface area contributed by atoms with Gasteiger partial charge in [-0.3, -0.25) is 0 Å². The smallest absolute Gasteiger partial charge is 0.191 e. The van der Waals surface area contributed by atoms with Crippen LogP contribution in [-0.4, -0.2) is 18.3 Å². The van der Waals surface area contributed by atoms with E-state index in [9.17, 15) is 35.1 Å². The Hall–Kier alpha value is -0.820. The molecule has 0 bridgehead atoms. The van der Waals surface area contributed by atoms with Crippen molar-refractivity contribution in [2.75, 3.05) is 0 Å². The predicted octanol–water partition coefficient (Wildman–Crippen LogP) is 4.72. The van der Waals surface area contributed by atoms with Gasteiger partial charge in [-0.2, -0.15) is 35.1 Å². The maximum absolute atomic E-state index is 12.9. The third kappa shape index (κ3) is 3.32. The molecule has 0 radical (unpaired) electrons. The summed E-state index contributed by atoms with van der Waals surface area (Å²) in [5.41, 5.74) is -3.85. The van der Waals surface area contributed by atoms with Crippen LogP contribution in [0.5, 0.6) is 0 Å². The Kier molecular flexibility index (Phi) is 4.24. The van der Waals surface area contributed by atoms with Crippen LogP contribution in [0, 0.1) is 5.92 Å². The van der Waals surface area contributed by atoms with Crippen LogP contribution in [0.25, 0.3) is 0 Å². The second kappa shape index (κ2) is 4.45.